The van der Waals surface area contributed by atoms with Gasteiger partial charge in [0.25, 0.3) is 5.91 Å². The second-order valence-electron chi connectivity index (χ2n) is 4.56. The van der Waals surface area contributed by atoms with Crippen LogP contribution in [0.1, 0.15) is 15.9 Å². The number of hydrogen-bond acceptors (Lipinski definition) is 3. The Morgan fingerprint density at radius 2 is 2.00 bits per heavy atom. The van der Waals surface area contributed by atoms with E-state index in [0.717, 1.165) is 12.0 Å². The summed E-state index contributed by atoms with van der Waals surface area (Å²) >= 11 is 5.91. The molecule has 1 heterocycles. The summed E-state index contributed by atoms with van der Waals surface area (Å²) in [5.74, 6) is -0.126. The van der Waals surface area contributed by atoms with E-state index in [1.54, 1.807) is 42.5 Å². The van der Waals surface area contributed by atoms with Crippen molar-refractivity contribution in [2.24, 2.45) is 0 Å². The zero-order valence-corrected chi connectivity index (χ0v) is 12.0. The Morgan fingerprint density at radius 1 is 1.30 bits per heavy atom. The van der Waals surface area contributed by atoms with Gasteiger partial charge in [0, 0.05) is 36.7 Å². The SMILES string of the molecule is CN(CCc1ccncc1)C(=O)c1cc(Cl)ccc1N. The first-order valence-electron chi connectivity index (χ1n) is 6.27. The highest BCUT2D eigenvalue weighted by atomic mass is 35.5. The Hall–Kier alpha value is -2.07. The Bertz CT molecular complexity index is 601. The molecule has 2 aromatic rings. The number of nitrogen functional groups attached to an aromatic ring is 1. The molecule has 104 valence electrons. The molecule has 0 bridgehead atoms. The van der Waals surface area contributed by atoms with E-state index >= 15 is 0 Å². The monoisotopic (exact) mass is 289 g/mol. The maximum absolute atomic E-state index is 12.3. The lowest BCUT2D eigenvalue weighted by Crippen LogP contribution is -2.29. The number of anilines is 1. The molecule has 20 heavy (non-hydrogen) atoms. The van der Waals surface area contributed by atoms with Crippen molar-refractivity contribution in [1.82, 2.24) is 9.88 Å². The summed E-state index contributed by atoms with van der Waals surface area (Å²) in [6, 6.07) is 8.79. The average Bonchev–Trinajstić information content (AvgIpc) is 2.47. The summed E-state index contributed by atoms with van der Waals surface area (Å²) in [5.41, 5.74) is 7.84. The molecule has 0 aliphatic carbocycles. The maximum Gasteiger partial charge on any atom is 0.255 e. The number of halogens is 1. The summed E-state index contributed by atoms with van der Waals surface area (Å²) in [6.07, 6.45) is 4.25. The van der Waals surface area contributed by atoms with Crippen molar-refractivity contribution >= 4 is 23.2 Å². The van der Waals surface area contributed by atoms with Crippen molar-refractivity contribution in [1.29, 1.82) is 0 Å². The number of likely N-dealkylation sites (N-methyl/N-ethyl adjacent to an activating group) is 1. The molecule has 0 fully saturated rings. The normalized spacial score (nSPS) is 10.3. The largest absolute Gasteiger partial charge is 0.398 e. The van der Waals surface area contributed by atoms with Gasteiger partial charge >= 0.3 is 0 Å². The predicted octanol–water partition coefficient (Wildman–Crippen LogP) is 2.63. The maximum atomic E-state index is 12.3. The van der Waals surface area contributed by atoms with Crippen LogP contribution in [0.3, 0.4) is 0 Å². The lowest BCUT2D eigenvalue weighted by molar-refractivity contribution is 0.0797. The van der Waals surface area contributed by atoms with Crippen LogP contribution in [0.15, 0.2) is 42.7 Å². The van der Waals surface area contributed by atoms with Crippen LogP contribution >= 0.6 is 11.6 Å². The number of hydrogen-bond donors (Lipinski definition) is 1. The number of rotatable bonds is 4. The Labute approximate surface area is 123 Å². The number of carbonyl (C=O) groups is 1. The van der Waals surface area contributed by atoms with Gasteiger partial charge in [-0.25, -0.2) is 0 Å². The third-order valence-corrected chi connectivity index (χ3v) is 3.31. The molecular weight excluding hydrogens is 274 g/mol. The second kappa shape index (κ2) is 6.39. The molecule has 1 aromatic heterocycles. The quantitative estimate of drug-likeness (QED) is 0.880. The smallest absolute Gasteiger partial charge is 0.255 e. The van der Waals surface area contributed by atoms with Crippen molar-refractivity contribution in [3.8, 4) is 0 Å². The van der Waals surface area contributed by atoms with Crippen LogP contribution in [0.25, 0.3) is 0 Å². The highest BCUT2D eigenvalue weighted by Crippen LogP contribution is 2.19. The fourth-order valence-corrected chi connectivity index (χ4v) is 2.04. The summed E-state index contributed by atoms with van der Waals surface area (Å²) < 4.78 is 0. The molecule has 0 aliphatic rings. The van der Waals surface area contributed by atoms with E-state index in [-0.39, 0.29) is 5.91 Å². The molecule has 0 saturated carbocycles. The summed E-state index contributed by atoms with van der Waals surface area (Å²) in [7, 11) is 1.75. The summed E-state index contributed by atoms with van der Waals surface area (Å²) in [4.78, 5) is 17.9. The summed E-state index contributed by atoms with van der Waals surface area (Å²) in [6.45, 7) is 0.606. The van der Waals surface area contributed by atoms with Gasteiger partial charge in [-0.2, -0.15) is 0 Å². The number of pyridine rings is 1. The molecule has 2 rings (SSSR count). The van der Waals surface area contributed by atoms with Gasteiger partial charge in [-0.15, -0.1) is 0 Å². The van der Waals surface area contributed by atoms with Crippen molar-refractivity contribution < 1.29 is 4.79 Å². The minimum absolute atomic E-state index is 0.126. The molecule has 4 nitrogen and oxygen atoms in total. The first-order valence-corrected chi connectivity index (χ1v) is 6.65. The third kappa shape index (κ3) is 3.48. The van der Waals surface area contributed by atoms with E-state index in [9.17, 15) is 4.79 Å². The average molecular weight is 290 g/mol. The zero-order chi connectivity index (χ0) is 14.5. The van der Waals surface area contributed by atoms with Crippen LogP contribution in [0, 0.1) is 0 Å². The van der Waals surface area contributed by atoms with E-state index in [2.05, 4.69) is 4.98 Å². The van der Waals surface area contributed by atoms with E-state index in [1.807, 2.05) is 12.1 Å². The van der Waals surface area contributed by atoms with Crippen molar-refractivity contribution in [3.05, 3.63) is 58.9 Å². The topological polar surface area (TPSA) is 59.2 Å². The zero-order valence-electron chi connectivity index (χ0n) is 11.2. The van der Waals surface area contributed by atoms with Crippen LogP contribution in [0.4, 0.5) is 5.69 Å². The number of carbonyl (C=O) groups excluding carboxylic acids is 1. The number of benzene rings is 1. The number of amides is 1. The Balaban J connectivity index is 2.03. The van der Waals surface area contributed by atoms with Crippen LogP contribution in [-0.2, 0) is 6.42 Å². The van der Waals surface area contributed by atoms with Gasteiger partial charge in [-0.1, -0.05) is 11.6 Å². The van der Waals surface area contributed by atoms with Gasteiger partial charge < -0.3 is 10.6 Å². The summed E-state index contributed by atoms with van der Waals surface area (Å²) in [5, 5.41) is 0.505. The van der Waals surface area contributed by atoms with Crippen molar-refractivity contribution in [3.63, 3.8) is 0 Å². The molecule has 0 atom stereocenters. The molecule has 2 N–H and O–H groups in total. The third-order valence-electron chi connectivity index (χ3n) is 3.08. The first kappa shape index (κ1) is 14.3. The second-order valence-corrected chi connectivity index (χ2v) is 5.00. The molecule has 0 unspecified atom stereocenters. The van der Waals surface area contributed by atoms with Gasteiger partial charge in [0.2, 0.25) is 0 Å². The molecule has 0 spiro atoms. The standard InChI is InChI=1S/C15H16ClN3O/c1-19(9-6-11-4-7-18-8-5-11)15(20)13-10-12(16)2-3-14(13)17/h2-5,7-8,10H,6,9,17H2,1H3. The van der Waals surface area contributed by atoms with E-state index < -0.39 is 0 Å². The fraction of sp³-hybridized carbons (Fsp3) is 0.200. The number of nitrogens with zero attached hydrogens (tertiary/aromatic N) is 2. The first-order chi connectivity index (χ1) is 9.58. The Morgan fingerprint density at radius 3 is 2.70 bits per heavy atom. The van der Waals surface area contributed by atoms with Gasteiger partial charge in [-0.05, 0) is 42.3 Å². The fourth-order valence-electron chi connectivity index (χ4n) is 1.87. The number of aromatic nitrogens is 1. The van der Waals surface area contributed by atoms with Crippen LogP contribution in [0.2, 0.25) is 5.02 Å². The lowest BCUT2D eigenvalue weighted by Gasteiger charge is -2.18. The van der Waals surface area contributed by atoms with Gasteiger partial charge in [0.05, 0.1) is 5.56 Å². The molecule has 5 heteroatoms. The molecule has 1 aromatic carbocycles. The highest BCUT2D eigenvalue weighted by Gasteiger charge is 2.15. The van der Waals surface area contributed by atoms with E-state index in [0.29, 0.717) is 22.8 Å². The highest BCUT2D eigenvalue weighted by molar-refractivity contribution is 6.31. The van der Waals surface area contributed by atoms with E-state index in [1.165, 1.54) is 0 Å². The van der Waals surface area contributed by atoms with Gasteiger partial charge in [-0.3, -0.25) is 9.78 Å². The van der Waals surface area contributed by atoms with Gasteiger partial charge in [0.15, 0.2) is 0 Å². The molecule has 0 radical (unpaired) electrons. The molecule has 1 amide bonds. The van der Waals surface area contributed by atoms with Crippen molar-refractivity contribution in [2.45, 2.75) is 6.42 Å². The minimum atomic E-state index is -0.126. The lowest BCUT2D eigenvalue weighted by atomic mass is 10.1. The predicted molar refractivity (Wildman–Crippen MR) is 80.8 cm³/mol. The van der Waals surface area contributed by atoms with Crippen LogP contribution < -0.4 is 5.73 Å². The van der Waals surface area contributed by atoms with Crippen molar-refractivity contribution in [2.75, 3.05) is 19.3 Å². The van der Waals surface area contributed by atoms with Gasteiger partial charge in [0.1, 0.15) is 0 Å². The van der Waals surface area contributed by atoms with E-state index in [4.69, 9.17) is 17.3 Å². The molecule has 0 aliphatic heterocycles. The molecular formula is C15H16ClN3O. The van der Waals surface area contributed by atoms with Crippen LogP contribution in [0.5, 0.6) is 0 Å². The Kier molecular flexibility index (Phi) is 4.58. The minimum Gasteiger partial charge on any atom is -0.398 e. The molecule has 0 saturated heterocycles. The number of nitrogens with two attached hydrogens (primary N) is 1. The van der Waals surface area contributed by atoms with Crippen LogP contribution in [-0.4, -0.2) is 29.4 Å².